The van der Waals surface area contributed by atoms with E-state index in [1.807, 2.05) is 0 Å². The summed E-state index contributed by atoms with van der Waals surface area (Å²) in [7, 11) is 1.46. The molecule has 0 aliphatic carbocycles. The molecule has 0 aliphatic heterocycles. The van der Waals surface area contributed by atoms with E-state index in [0.29, 0.717) is 16.1 Å². The minimum atomic E-state index is -3.07. The van der Waals surface area contributed by atoms with Crippen LogP contribution in [0.4, 0.5) is 14.6 Å². The SMILES string of the molecule is Cc1nc(Cn2c(=O)c3c(ncn3CC(=O)Nc3csc(-c4cnc(C(C)(F)F)c(C)c4)n3)n(C)c2=O)no1. The van der Waals surface area contributed by atoms with Crippen LogP contribution in [0, 0.1) is 13.8 Å². The first-order chi connectivity index (χ1) is 18.4. The topological polar surface area (TPSA) is 156 Å². The molecule has 0 fully saturated rings. The fourth-order valence-corrected chi connectivity index (χ4v) is 4.81. The molecule has 5 aromatic rings. The summed E-state index contributed by atoms with van der Waals surface area (Å²) in [5.74, 6) is -2.89. The number of halogens is 2. The maximum atomic E-state index is 13.7. The molecule has 13 nitrogen and oxygen atoms in total. The third kappa shape index (κ3) is 4.97. The second kappa shape index (κ2) is 9.61. The lowest BCUT2D eigenvalue weighted by atomic mass is 10.1. The number of aromatic nitrogens is 8. The molecule has 0 aromatic carbocycles. The van der Waals surface area contributed by atoms with Gasteiger partial charge in [-0.1, -0.05) is 5.16 Å². The number of rotatable bonds is 7. The fraction of sp³-hybridized carbons (Fsp3) is 0.304. The Hall–Kier alpha value is -4.60. The maximum Gasteiger partial charge on any atom is 0.332 e. The molecule has 0 spiro atoms. The smallest absolute Gasteiger partial charge is 0.332 e. The second-order valence-corrected chi connectivity index (χ2v) is 9.73. The van der Waals surface area contributed by atoms with E-state index in [9.17, 15) is 23.2 Å². The number of alkyl halides is 2. The first kappa shape index (κ1) is 26.0. The number of amides is 1. The number of thiazole rings is 1. The summed E-state index contributed by atoms with van der Waals surface area (Å²) in [6.07, 6.45) is 2.60. The van der Waals surface area contributed by atoms with Gasteiger partial charge in [-0.05, 0) is 18.6 Å². The van der Waals surface area contributed by atoms with Crippen LogP contribution in [0.25, 0.3) is 21.7 Å². The Morgan fingerprint density at radius 2 is 1.97 bits per heavy atom. The lowest BCUT2D eigenvalue weighted by Crippen LogP contribution is -2.40. The van der Waals surface area contributed by atoms with Crippen molar-refractivity contribution < 1.29 is 18.1 Å². The second-order valence-electron chi connectivity index (χ2n) is 8.87. The summed E-state index contributed by atoms with van der Waals surface area (Å²) < 4.78 is 35.7. The molecule has 0 saturated carbocycles. The van der Waals surface area contributed by atoms with Crippen LogP contribution >= 0.6 is 11.3 Å². The van der Waals surface area contributed by atoms with Gasteiger partial charge in [0.15, 0.2) is 17.0 Å². The molecule has 0 radical (unpaired) electrons. The Kier molecular flexibility index (Phi) is 6.41. The molecule has 0 aliphatic rings. The van der Waals surface area contributed by atoms with E-state index in [0.717, 1.165) is 11.5 Å². The van der Waals surface area contributed by atoms with Gasteiger partial charge >= 0.3 is 5.69 Å². The van der Waals surface area contributed by atoms with E-state index in [-0.39, 0.29) is 47.5 Å². The summed E-state index contributed by atoms with van der Waals surface area (Å²) in [5.41, 5.74) is -0.597. The van der Waals surface area contributed by atoms with Crippen molar-refractivity contribution in [2.75, 3.05) is 5.32 Å². The minimum Gasteiger partial charge on any atom is -0.340 e. The van der Waals surface area contributed by atoms with Crippen LogP contribution in [0.3, 0.4) is 0 Å². The Labute approximate surface area is 221 Å². The van der Waals surface area contributed by atoms with Crippen LogP contribution in [-0.4, -0.2) is 44.7 Å². The normalized spacial score (nSPS) is 11.8. The van der Waals surface area contributed by atoms with Crippen molar-refractivity contribution in [3.63, 3.8) is 0 Å². The summed E-state index contributed by atoms with van der Waals surface area (Å²) in [4.78, 5) is 55.2. The van der Waals surface area contributed by atoms with Crippen LogP contribution in [-0.2, 0) is 30.9 Å². The highest BCUT2D eigenvalue weighted by Gasteiger charge is 2.28. The molecule has 5 rings (SSSR count). The third-order valence-corrected chi connectivity index (χ3v) is 6.69. The number of hydrogen-bond acceptors (Lipinski definition) is 10. The monoisotopic (exact) mass is 557 g/mol. The first-order valence-electron chi connectivity index (χ1n) is 11.5. The summed E-state index contributed by atoms with van der Waals surface area (Å²) in [5, 5.41) is 8.46. The highest BCUT2D eigenvalue weighted by Crippen LogP contribution is 2.32. The first-order valence-corrected chi connectivity index (χ1v) is 12.3. The van der Waals surface area contributed by atoms with Gasteiger partial charge in [-0.2, -0.15) is 13.8 Å². The number of carbonyl (C=O) groups is 1. The molecule has 1 N–H and O–H groups in total. The van der Waals surface area contributed by atoms with Gasteiger partial charge < -0.3 is 14.4 Å². The standard InChI is InChI=1S/C23H21F2N9O4S/c1-11-5-13(6-26-18(11)23(3,24)25)20-30-15(9-39-20)29-16(35)8-33-10-27-19-17(33)21(36)34(22(37)32(19)4)7-14-28-12(2)38-31-14/h5-6,9-10H,7-8H2,1-4H3,(H,29,35). The summed E-state index contributed by atoms with van der Waals surface area (Å²) in [6, 6.07) is 1.56. The Morgan fingerprint density at radius 1 is 1.21 bits per heavy atom. The van der Waals surface area contributed by atoms with Crippen molar-refractivity contribution in [3.8, 4) is 10.6 Å². The average Bonchev–Trinajstić information content (AvgIpc) is 3.60. The maximum absolute atomic E-state index is 13.7. The largest absolute Gasteiger partial charge is 0.340 e. The Morgan fingerprint density at radius 3 is 2.64 bits per heavy atom. The fourth-order valence-electron chi connectivity index (χ4n) is 4.08. The molecule has 0 unspecified atom stereocenters. The number of pyridine rings is 1. The van der Waals surface area contributed by atoms with Crippen LogP contribution in [0.15, 0.2) is 38.1 Å². The van der Waals surface area contributed by atoms with Gasteiger partial charge in [0.05, 0.1) is 12.9 Å². The Balaban J connectivity index is 1.37. The molecule has 1 amide bonds. The van der Waals surface area contributed by atoms with Gasteiger partial charge in [-0.3, -0.25) is 23.7 Å². The summed E-state index contributed by atoms with van der Waals surface area (Å²) in [6.45, 7) is 3.40. The van der Waals surface area contributed by atoms with E-state index in [1.54, 1.807) is 25.3 Å². The molecule has 0 bridgehead atoms. The highest BCUT2D eigenvalue weighted by molar-refractivity contribution is 7.13. The van der Waals surface area contributed by atoms with Gasteiger partial charge in [0.25, 0.3) is 11.5 Å². The van der Waals surface area contributed by atoms with Crippen molar-refractivity contribution in [3.05, 3.63) is 67.8 Å². The van der Waals surface area contributed by atoms with Crippen LogP contribution < -0.4 is 16.6 Å². The van der Waals surface area contributed by atoms with Crippen LogP contribution in [0.2, 0.25) is 0 Å². The van der Waals surface area contributed by atoms with Crippen molar-refractivity contribution in [1.29, 1.82) is 0 Å². The van der Waals surface area contributed by atoms with E-state index in [2.05, 4.69) is 30.4 Å². The lowest BCUT2D eigenvalue weighted by molar-refractivity contribution is -0.116. The average molecular weight is 558 g/mol. The number of hydrogen-bond donors (Lipinski definition) is 1. The number of imidazole rings is 1. The van der Waals surface area contributed by atoms with Crippen molar-refractivity contribution in [2.45, 2.75) is 39.8 Å². The molecule has 16 heteroatoms. The third-order valence-electron chi connectivity index (χ3n) is 5.80. The minimum absolute atomic E-state index is 0.0424. The van der Waals surface area contributed by atoms with Crippen molar-refractivity contribution in [2.24, 2.45) is 7.05 Å². The zero-order valence-corrected chi connectivity index (χ0v) is 21.9. The lowest BCUT2D eigenvalue weighted by Gasteiger charge is -2.12. The van der Waals surface area contributed by atoms with Gasteiger partial charge in [0.2, 0.25) is 11.8 Å². The van der Waals surface area contributed by atoms with Crippen molar-refractivity contribution >= 4 is 34.2 Å². The van der Waals surface area contributed by atoms with Gasteiger partial charge in [0.1, 0.15) is 23.1 Å². The number of aryl methyl sites for hydroxylation is 3. The molecular weight excluding hydrogens is 536 g/mol. The molecular formula is C23H21F2N9O4S. The number of fused-ring (bicyclic) bond motifs is 1. The van der Waals surface area contributed by atoms with E-state index >= 15 is 0 Å². The van der Waals surface area contributed by atoms with E-state index in [1.165, 1.54) is 40.0 Å². The molecule has 5 heterocycles. The van der Waals surface area contributed by atoms with E-state index in [4.69, 9.17) is 4.52 Å². The zero-order valence-electron chi connectivity index (χ0n) is 21.1. The quantitative estimate of drug-likeness (QED) is 0.317. The molecule has 0 atom stereocenters. The number of carbonyl (C=O) groups excluding carboxylic acids is 1. The van der Waals surface area contributed by atoms with Gasteiger partial charge in [-0.25, -0.2) is 14.8 Å². The predicted molar refractivity (Wildman–Crippen MR) is 136 cm³/mol. The molecule has 202 valence electrons. The predicted octanol–water partition coefficient (Wildman–Crippen LogP) is 2.21. The van der Waals surface area contributed by atoms with Crippen molar-refractivity contribution in [1.82, 2.24) is 38.8 Å². The molecule has 5 aromatic heterocycles. The van der Waals surface area contributed by atoms with E-state index < -0.39 is 23.1 Å². The van der Waals surface area contributed by atoms with Gasteiger partial charge in [-0.15, -0.1) is 11.3 Å². The Bertz CT molecular complexity index is 1840. The summed E-state index contributed by atoms with van der Waals surface area (Å²) >= 11 is 1.20. The number of anilines is 1. The zero-order chi connectivity index (χ0) is 28.1. The van der Waals surface area contributed by atoms with Crippen LogP contribution in [0.1, 0.15) is 29.9 Å². The number of nitrogens with zero attached hydrogens (tertiary/aromatic N) is 8. The molecule has 0 saturated heterocycles. The highest BCUT2D eigenvalue weighted by atomic mass is 32.1. The molecule has 39 heavy (non-hydrogen) atoms. The van der Waals surface area contributed by atoms with Crippen LogP contribution in [0.5, 0.6) is 0 Å². The van der Waals surface area contributed by atoms with Gasteiger partial charge in [0, 0.05) is 38.0 Å². The number of nitrogens with one attached hydrogen (secondary N) is 1.